The summed E-state index contributed by atoms with van der Waals surface area (Å²) in [6.07, 6.45) is 4.96. The van der Waals surface area contributed by atoms with Gasteiger partial charge in [-0.15, -0.1) is 11.3 Å². The molecule has 0 atom stereocenters. The number of thiophene rings is 1. The molecule has 0 saturated heterocycles. The zero-order chi connectivity index (χ0) is 16.8. The number of benzene rings is 1. The molecule has 0 spiro atoms. The van der Waals surface area contributed by atoms with Gasteiger partial charge in [0.25, 0.3) is 0 Å². The molecule has 0 radical (unpaired) electrons. The van der Waals surface area contributed by atoms with E-state index < -0.39 is 0 Å². The molecule has 5 heteroatoms. The fourth-order valence-electron chi connectivity index (χ4n) is 3.75. The molecule has 0 saturated carbocycles. The lowest BCUT2D eigenvalue weighted by atomic mass is 10.0. The van der Waals surface area contributed by atoms with E-state index in [1.165, 1.54) is 28.5 Å². The first-order chi connectivity index (χ1) is 12.4. The van der Waals surface area contributed by atoms with Crippen LogP contribution >= 0.6 is 11.3 Å². The van der Waals surface area contributed by atoms with Gasteiger partial charge in [0, 0.05) is 10.9 Å². The maximum atomic E-state index is 5.71. The predicted octanol–water partition coefficient (Wildman–Crippen LogP) is 4.79. The molecule has 3 aromatic heterocycles. The molecule has 0 N–H and O–H groups in total. The molecule has 0 aliphatic heterocycles. The normalized spacial score (nSPS) is 13.5. The van der Waals surface area contributed by atoms with Crippen LogP contribution in [0.5, 0.6) is 5.88 Å². The minimum atomic E-state index is 0.598. The highest BCUT2D eigenvalue weighted by Gasteiger charge is 2.25. The van der Waals surface area contributed by atoms with Crippen LogP contribution in [0.15, 0.2) is 36.7 Å². The maximum Gasteiger partial charge on any atom is 0.234 e. The molecule has 124 valence electrons. The van der Waals surface area contributed by atoms with Gasteiger partial charge >= 0.3 is 0 Å². The number of rotatable bonds is 3. The molecule has 25 heavy (non-hydrogen) atoms. The molecule has 4 aromatic rings. The Morgan fingerprint density at radius 1 is 1.08 bits per heavy atom. The molecule has 0 bridgehead atoms. The van der Waals surface area contributed by atoms with Crippen molar-refractivity contribution in [3.8, 4) is 17.1 Å². The number of hydrogen-bond acceptors (Lipinski definition) is 5. The maximum absolute atomic E-state index is 5.71. The monoisotopic (exact) mass is 347 g/mol. The average Bonchev–Trinajstić information content (AvgIpc) is 3.26. The van der Waals surface area contributed by atoms with Crippen LogP contribution in [0.3, 0.4) is 0 Å². The van der Waals surface area contributed by atoms with Gasteiger partial charge in [0.15, 0.2) is 0 Å². The summed E-state index contributed by atoms with van der Waals surface area (Å²) < 4.78 is 6.72. The quantitative estimate of drug-likeness (QED) is 0.534. The molecule has 0 unspecified atom stereocenters. The van der Waals surface area contributed by atoms with Crippen LogP contribution < -0.4 is 4.74 Å². The molecular formula is C20H17N3OS. The van der Waals surface area contributed by atoms with Crippen LogP contribution in [-0.2, 0) is 12.8 Å². The van der Waals surface area contributed by atoms with Crippen LogP contribution in [0.1, 0.15) is 24.5 Å². The van der Waals surface area contributed by atoms with Crippen LogP contribution in [0, 0.1) is 0 Å². The van der Waals surface area contributed by atoms with Crippen LogP contribution in [0.25, 0.3) is 31.7 Å². The van der Waals surface area contributed by atoms with E-state index >= 15 is 0 Å². The summed E-state index contributed by atoms with van der Waals surface area (Å²) in [5, 5.41) is 1.20. The standard InChI is InChI=1S/C20H17N3OS/c1-2-24-19-18-17(21-11-22-19)15-13-9-6-10-14(13)16(23-20(15)25-18)12-7-4-3-5-8-12/h3-5,7-8,11H,2,6,9-10H2,1H3. The highest BCUT2D eigenvalue weighted by molar-refractivity contribution is 7.25. The van der Waals surface area contributed by atoms with Crippen molar-refractivity contribution in [1.29, 1.82) is 0 Å². The van der Waals surface area contributed by atoms with Crippen molar-refractivity contribution in [1.82, 2.24) is 15.0 Å². The van der Waals surface area contributed by atoms with Crippen molar-refractivity contribution in [3.63, 3.8) is 0 Å². The summed E-state index contributed by atoms with van der Waals surface area (Å²) in [7, 11) is 0. The van der Waals surface area contributed by atoms with E-state index in [1.807, 2.05) is 13.0 Å². The topological polar surface area (TPSA) is 47.9 Å². The molecule has 1 aromatic carbocycles. The Bertz CT molecular complexity index is 1090. The fourth-order valence-corrected chi connectivity index (χ4v) is 4.85. The van der Waals surface area contributed by atoms with Gasteiger partial charge in [-0.1, -0.05) is 30.3 Å². The van der Waals surface area contributed by atoms with Crippen molar-refractivity contribution in [2.75, 3.05) is 6.61 Å². The van der Waals surface area contributed by atoms with Crippen molar-refractivity contribution in [2.24, 2.45) is 0 Å². The van der Waals surface area contributed by atoms with Gasteiger partial charge in [-0.2, -0.15) is 0 Å². The number of aromatic nitrogens is 3. The van der Waals surface area contributed by atoms with E-state index in [-0.39, 0.29) is 0 Å². The Balaban J connectivity index is 1.86. The van der Waals surface area contributed by atoms with E-state index in [0.29, 0.717) is 12.5 Å². The molecule has 5 rings (SSSR count). The molecular weight excluding hydrogens is 330 g/mol. The van der Waals surface area contributed by atoms with Crippen LogP contribution in [0.2, 0.25) is 0 Å². The Morgan fingerprint density at radius 2 is 1.92 bits per heavy atom. The summed E-state index contributed by atoms with van der Waals surface area (Å²) >= 11 is 1.64. The summed E-state index contributed by atoms with van der Waals surface area (Å²) in [6, 6.07) is 10.5. The Hall–Kier alpha value is -2.53. The van der Waals surface area contributed by atoms with Crippen molar-refractivity contribution >= 4 is 31.8 Å². The highest BCUT2D eigenvalue weighted by atomic mass is 32.1. The molecule has 1 aliphatic rings. The average molecular weight is 347 g/mol. The fraction of sp³-hybridized carbons (Fsp3) is 0.250. The predicted molar refractivity (Wildman–Crippen MR) is 101 cm³/mol. The Morgan fingerprint density at radius 3 is 2.76 bits per heavy atom. The first-order valence-electron chi connectivity index (χ1n) is 8.64. The lowest BCUT2D eigenvalue weighted by molar-refractivity contribution is 0.331. The zero-order valence-corrected chi connectivity index (χ0v) is 14.8. The second kappa shape index (κ2) is 5.77. The van der Waals surface area contributed by atoms with E-state index in [9.17, 15) is 0 Å². The SMILES string of the molecule is CCOc1ncnc2c1sc1nc(-c3ccccc3)c3c(c12)CCC3. The third-order valence-electron chi connectivity index (χ3n) is 4.77. The minimum Gasteiger partial charge on any atom is -0.477 e. The zero-order valence-electron chi connectivity index (χ0n) is 14.0. The van der Waals surface area contributed by atoms with E-state index in [2.05, 4.69) is 34.2 Å². The molecule has 3 heterocycles. The van der Waals surface area contributed by atoms with E-state index in [0.717, 1.165) is 33.6 Å². The van der Waals surface area contributed by atoms with Crippen LogP contribution in [0.4, 0.5) is 0 Å². The number of ether oxygens (including phenoxy) is 1. The summed E-state index contributed by atoms with van der Waals surface area (Å²) in [5.74, 6) is 0.670. The molecule has 0 fully saturated rings. The van der Waals surface area contributed by atoms with Gasteiger partial charge in [-0.25, -0.2) is 15.0 Å². The second-order valence-electron chi connectivity index (χ2n) is 6.21. The number of aryl methyl sites for hydroxylation is 1. The van der Waals surface area contributed by atoms with Gasteiger partial charge in [0.2, 0.25) is 5.88 Å². The summed E-state index contributed by atoms with van der Waals surface area (Å²) in [6.45, 7) is 2.58. The first kappa shape index (κ1) is 14.8. The van der Waals surface area contributed by atoms with Gasteiger partial charge in [-0.05, 0) is 37.3 Å². The third kappa shape index (κ3) is 2.23. The molecule has 1 aliphatic carbocycles. The number of nitrogens with zero attached hydrogens (tertiary/aromatic N) is 3. The lowest BCUT2D eigenvalue weighted by Gasteiger charge is -2.09. The lowest BCUT2D eigenvalue weighted by Crippen LogP contribution is -1.95. The highest BCUT2D eigenvalue weighted by Crippen LogP contribution is 2.43. The molecule has 0 amide bonds. The van der Waals surface area contributed by atoms with Gasteiger partial charge < -0.3 is 4.74 Å². The summed E-state index contributed by atoms with van der Waals surface area (Å²) in [5.41, 5.74) is 6.10. The minimum absolute atomic E-state index is 0.598. The number of fused-ring (bicyclic) bond motifs is 5. The number of hydrogen-bond donors (Lipinski definition) is 0. The van der Waals surface area contributed by atoms with Crippen molar-refractivity contribution in [2.45, 2.75) is 26.2 Å². The van der Waals surface area contributed by atoms with Gasteiger partial charge in [0.05, 0.1) is 17.8 Å². The van der Waals surface area contributed by atoms with Crippen molar-refractivity contribution < 1.29 is 4.74 Å². The first-order valence-corrected chi connectivity index (χ1v) is 9.45. The second-order valence-corrected chi connectivity index (χ2v) is 7.21. The summed E-state index contributed by atoms with van der Waals surface area (Å²) in [4.78, 5) is 15.0. The Kier molecular flexibility index (Phi) is 3.41. The van der Waals surface area contributed by atoms with Crippen molar-refractivity contribution in [3.05, 3.63) is 47.8 Å². The molecule has 4 nitrogen and oxygen atoms in total. The van der Waals surface area contributed by atoms with Gasteiger partial charge in [0.1, 0.15) is 15.9 Å². The third-order valence-corrected chi connectivity index (χ3v) is 5.83. The number of pyridine rings is 1. The Labute approximate surface area is 149 Å². The van der Waals surface area contributed by atoms with E-state index in [1.54, 1.807) is 17.7 Å². The van der Waals surface area contributed by atoms with Gasteiger partial charge in [-0.3, -0.25) is 0 Å². The largest absolute Gasteiger partial charge is 0.477 e. The smallest absolute Gasteiger partial charge is 0.234 e. The van der Waals surface area contributed by atoms with E-state index in [4.69, 9.17) is 9.72 Å². The van der Waals surface area contributed by atoms with Crippen LogP contribution in [-0.4, -0.2) is 21.6 Å².